The summed E-state index contributed by atoms with van der Waals surface area (Å²) >= 11 is 3.40. The molecule has 2 aromatic rings. The predicted octanol–water partition coefficient (Wildman–Crippen LogP) is 5.81. The van der Waals surface area contributed by atoms with E-state index in [0.29, 0.717) is 0 Å². The molecular weight excluding hydrogens is 360 g/mol. The standard InChI is InChI=1S/C22H21BrO/c1-2-3-4-7-18-24-22-16-12-20(13-17-22)9-6-5-8-19-10-14-21(23)15-11-19/h10-17H,2-4,7,18H2,1H3. The summed E-state index contributed by atoms with van der Waals surface area (Å²) in [6.45, 7) is 2.99. The second kappa shape index (κ2) is 10.6. The minimum absolute atomic E-state index is 0.781. The maximum Gasteiger partial charge on any atom is 0.119 e. The van der Waals surface area contributed by atoms with Gasteiger partial charge in [0.1, 0.15) is 5.75 Å². The van der Waals surface area contributed by atoms with E-state index in [2.05, 4.69) is 46.5 Å². The van der Waals surface area contributed by atoms with Crippen molar-refractivity contribution in [1.29, 1.82) is 0 Å². The first-order valence-corrected chi connectivity index (χ1v) is 9.07. The van der Waals surface area contributed by atoms with Crippen molar-refractivity contribution in [3.05, 3.63) is 64.1 Å². The molecular formula is C22H21BrO. The molecule has 2 aromatic carbocycles. The van der Waals surface area contributed by atoms with Crippen molar-refractivity contribution in [2.24, 2.45) is 0 Å². The molecule has 0 atom stereocenters. The predicted molar refractivity (Wildman–Crippen MR) is 104 cm³/mol. The van der Waals surface area contributed by atoms with Gasteiger partial charge in [-0.15, -0.1) is 0 Å². The number of hydrogen-bond donors (Lipinski definition) is 0. The summed E-state index contributed by atoms with van der Waals surface area (Å²) in [7, 11) is 0. The van der Waals surface area contributed by atoms with Crippen molar-refractivity contribution in [2.45, 2.75) is 32.6 Å². The molecule has 0 saturated heterocycles. The van der Waals surface area contributed by atoms with E-state index in [1.165, 1.54) is 19.3 Å². The molecule has 0 aliphatic carbocycles. The third-order valence-corrected chi connectivity index (χ3v) is 3.97. The Kier molecular flexibility index (Phi) is 8.02. The van der Waals surface area contributed by atoms with Crippen LogP contribution < -0.4 is 4.74 Å². The molecule has 122 valence electrons. The van der Waals surface area contributed by atoms with Crippen LogP contribution in [0.4, 0.5) is 0 Å². The SMILES string of the molecule is CCCCCCOc1ccc(C#CC#Cc2ccc(Br)cc2)cc1. The Balaban J connectivity index is 1.83. The van der Waals surface area contributed by atoms with Crippen LogP contribution in [-0.2, 0) is 0 Å². The summed E-state index contributed by atoms with van der Waals surface area (Å²) < 4.78 is 6.77. The molecule has 0 fully saturated rings. The van der Waals surface area contributed by atoms with Crippen LogP contribution >= 0.6 is 15.9 Å². The molecule has 2 heteroatoms. The third-order valence-electron chi connectivity index (χ3n) is 3.44. The van der Waals surface area contributed by atoms with Crippen LogP contribution in [0, 0.1) is 23.7 Å². The third kappa shape index (κ3) is 6.95. The molecule has 2 rings (SSSR count). The van der Waals surface area contributed by atoms with Gasteiger partial charge in [-0.25, -0.2) is 0 Å². The minimum Gasteiger partial charge on any atom is -0.494 e. The normalized spacial score (nSPS) is 9.42. The second-order valence-electron chi connectivity index (χ2n) is 5.44. The van der Waals surface area contributed by atoms with Gasteiger partial charge in [0.2, 0.25) is 0 Å². The Bertz CT molecular complexity index is 737. The lowest BCUT2D eigenvalue weighted by molar-refractivity contribution is 0.305. The van der Waals surface area contributed by atoms with Crippen LogP contribution in [0.25, 0.3) is 0 Å². The summed E-state index contributed by atoms with van der Waals surface area (Å²) in [6, 6.07) is 15.7. The van der Waals surface area contributed by atoms with Crippen LogP contribution in [-0.4, -0.2) is 6.61 Å². The molecule has 0 aromatic heterocycles. The quantitative estimate of drug-likeness (QED) is 0.453. The Morgan fingerprint density at radius 1 is 0.792 bits per heavy atom. The Hall–Kier alpha value is -2.16. The Morgan fingerprint density at radius 2 is 1.38 bits per heavy atom. The second-order valence-corrected chi connectivity index (χ2v) is 6.36. The fourth-order valence-corrected chi connectivity index (χ4v) is 2.36. The average Bonchev–Trinajstić information content (AvgIpc) is 2.61. The van der Waals surface area contributed by atoms with Crippen molar-refractivity contribution < 1.29 is 4.74 Å². The van der Waals surface area contributed by atoms with E-state index < -0.39 is 0 Å². The zero-order chi connectivity index (χ0) is 17.0. The minimum atomic E-state index is 0.781. The maximum absolute atomic E-state index is 5.72. The van der Waals surface area contributed by atoms with Gasteiger partial charge in [0.25, 0.3) is 0 Å². The molecule has 0 spiro atoms. The largest absolute Gasteiger partial charge is 0.494 e. The van der Waals surface area contributed by atoms with E-state index in [1.807, 2.05) is 48.5 Å². The molecule has 0 aliphatic rings. The highest BCUT2D eigenvalue weighted by Crippen LogP contribution is 2.12. The van der Waals surface area contributed by atoms with Crippen molar-refractivity contribution in [3.63, 3.8) is 0 Å². The lowest BCUT2D eigenvalue weighted by atomic mass is 10.2. The number of rotatable bonds is 6. The summed E-state index contributed by atoms with van der Waals surface area (Å²) in [6.07, 6.45) is 4.87. The highest BCUT2D eigenvalue weighted by atomic mass is 79.9. The fourth-order valence-electron chi connectivity index (χ4n) is 2.09. The topological polar surface area (TPSA) is 9.23 Å². The lowest BCUT2D eigenvalue weighted by Crippen LogP contribution is -1.96. The molecule has 0 aliphatic heterocycles. The van der Waals surface area contributed by atoms with E-state index in [9.17, 15) is 0 Å². The first kappa shape index (κ1) is 18.2. The van der Waals surface area contributed by atoms with Crippen molar-refractivity contribution in [3.8, 4) is 29.4 Å². The molecule has 0 amide bonds. The number of benzene rings is 2. The van der Waals surface area contributed by atoms with Gasteiger partial charge in [-0.2, -0.15) is 0 Å². The highest BCUT2D eigenvalue weighted by Gasteiger charge is 1.94. The van der Waals surface area contributed by atoms with Crippen LogP contribution in [0.5, 0.6) is 5.75 Å². The van der Waals surface area contributed by atoms with Crippen LogP contribution in [0.1, 0.15) is 43.7 Å². The molecule has 24 heavy (non-hydrogen) atoms. The van der Waals surface area contributed by atoms with Crippen molar-refractivity contribution >= 4 is 15.9 Å². The molecule has 0 heterocycles. The van der Waals surface area contributed by atoms with Crippen molar-refractivity contribution in [2.75, 3.05) is 6.61 Å². The van der Waals surface area contributed by atoms with E-state index >= 15 is 0 Å². The summed E-state index contributed by atoms with van der Waals surface area (Å²) in [5.41, 5.74) is 1.90. The Labute approximate surface area is 153 Å². The van der Waals surface area contributed by atoms with E-state index in [4.69, 9.17) is 4.74 Å². The van der Waals surface area contributed by atoms with Crippen LogP contribution in [0.3, 0.4) is 0 Å². The number of halogens is 1. The molecule has 0 saturated carbocycles. The van der Waals surface area contributed by atoms with Gasteiger partial charge < -0.3 is 4.74 Å². The van der Waals surface area contributed by atoms with Gasteiger partial charge in [0.05, 0.1) is 6.61 Å². The zero-order valence-electron chi connectivity index (χ0n) is 13.9. The monoisotopic (exact) mass is 380 g/mol. The van der Waals surface area contributed by atoms with Gasteiger partial charge in [0.15, 0.2) is 0 Å². The fraction of sp³-hybridized carbons (Fsp3) is 0.273. The lowest BCUT2D eigenvalue weighted by Gasteiger charge is -2.05. The summed E-state index contributed by atoms with van der Waals surface area (Å²) in [4.78, 5) is 0. The number of ether oxygens (including phenoxy) is 1. The maximum atomic E-state index is 5.72. The van der Waals surface area contributed by atoms with Crippen molar-refractivity contribution in [1.82, 2.24) is 0 Å². The first-order chi connectivity index (χ1) is 11.8. The van der Waals surface area contributed by atoms with E-state index in [0.717, 1.165) is 34.4 Å². The Morgan fingerprint density at radius 3 is 1.96 bits per heavy atom. The van der Waals surface area contributed by atoms with Gasteiger partial charge in [-0.3, -0.25) is 0 Å². The molecule has 0 bridgehead atoms. The average molecular weight is 381 g/mol. The zero-order valence-corrected chi connectivity index (χ0v) is 15.5. The van der Waals surface area contributed by atoms with E-state index in [-0.39, 0.29) is 0 Å². The van der Waals surface area contributed by atoms with Gasteiger partial charge in [-0.1, -0.05) is 54.0 Å². The van der Waals surface area contributed by atoms with Gasteiger partial charge >= 0.3 is 0 Å². The van der Waals surface area contributed by atoms with Gasteiger partial charge in [-0.05, 0) is 66.8 Å². The molecule has 0 N–H and O–H groups in total. The number of unbranched alkanes of at least 4 members (excludes halogenated alkanes) is 3. The summed E-state index contributed by atoms with van der Waals surface area (Å²) in [5.74, 6) is 12.7. The van der Waals surface area contributed by atoms with Crippen LogP contribution in [0.15, 0.2) is 53.0 Å². The summed E-state index contributed by atoms with van der Waals surface area (Å²) in [5, 5.41) is 0. The molecule has 0 unspecified atom stereocenters. The number of hydrogen-bond acceptors (Lipinski definition) is 1. The van der Waals surface area contributed by atoms with E-state index in [1.54, 1.807) is 0 Å². The van der Waals surface area contributed by atoms with Crippen LogP contribution in [0.2, 0.25) is 0 Å². The molecule has 1 nitrogen and oxygen atoms in total. The highest BCUT2D eigenvalue weighted by molar-refractivity contribution is 9.10. The molecule has 0 radical (unpaired) electrons. The van der Waals surface area contributed by atoms with Gasteiger partial charge in [0, 0.05) is 15.6 Å². The first-order valence-electron chi connectivity index (χ1n) is 8.28. The smallest absolute Gasteiger partial charge is 0.119 e.